The summed E-state index contributed by atoms with van der Waals surface area (Å²) in [5, 5.41) is 10.4. The first-order valence-electron chi connectivity index (χ1n) is 6.73. The summed E-state index contributed by atoms with van der Waals surface area (Å²) < 4.78 is 1.89. The summed E-state index contributed by atoms with van der Waals surface area (Å²) >= 11 is 13.3. The third kappa shape index (κ3) is 3.54. The second-order valence-corrected chi connectivity index (χ2v) is 6.81. The first-order chi connectivity index (χ1) is 10.3. The maximum atomic E-state index is 11.4. The Labute approximate surface area is 142 Å². The van der Waals surface area contributed by atoms with Gasteiger partial charge in [-0.1, -0.05) is 30.1 Å². The lowest BCUT2D eigenvalue weighted by molar-refractivity contribution is -0.138. The molecule has 2 rings (SSSR count). The SMILES string of the molecule is CCC(C(=O)O)c1sc(=Nc2cc(Cl)cc(Cl)c2)n(C)c1C. The molecular weight excluding hydrogens is 343 g/mol. The highest BCUT2D eigenvalue weighted by Crippen LogP contribution is 2.27. The Morgan fingerprint density at radius 3 is 2.45 bits per heavy atom. The summed E-state index contributed by atoms with van der Waals surface area (Å²) in [4.78, 5) is 17.5. The van der Waals surface area contributed by atoms with Crippen LogP contribution in [0.15, 0.2) is 23.2 Å². The second kappa shape index (κ2) is 6.86. The second-order valence-electron chi connectivity index (χ2n) is 4.93. The first-order valence-corrected chi connectivity index (χ1v) is 8.30. The van der Waals surface area contributed by atoms with Crippen LogP contribution in [0.1, 0.15) is 29.8 Å². The molecule has 0 aliphatic carbocycles. The topological polar surface area (TPSA) is 54.6 Å². The Morgan fingerprint density at radius 2 is 1.95 bits per heavy atom. The first kappa shape index (κ1) is 17.1. The van der Waals surface area contributed by atoms with Crippen molar-refractivity contribution in [2.24, 2.45) is 12.0 Å². The third-order valence-corrected chi connectivity index (χ3v) is 5.23. The normalized spacial score (nSPS) is 13.4. The molecule has 0 aliphatic heterocycles. The number of carbonyl (C=O) groups is 1. The van der Waals surface area contributed by atoms with Crippen molar-refractivity contribution in [1.82, 2.24) is 4.57 Å². The Balaban J connectivity index is 2.57. The van der Waals surface area contributed by atoms with Gasteiger partial charge in [0, 0.05) is 27.7 Å². The van der Waals surface area contributed by atoms with Gasteiger partial charge in [0.2, 0.25) is 0 Å². The molecule has 1 unspecified atom stereocenters. The van der Waals surface area contributed by atoms with E-state index in [1.807, 2.05) is 25.5 Å². The van der Waals surface area contributed by atoms with E-state index in [2.05, 4.69) is 4.99 Å². The molecular formula is C15H16Cl2N2O2S. The number of carboxylic acid groups (broad SMARTS) is 1. The number of benzene rings is 1. The average molecular weight is 359 g/mol. The van der Waals surface area contributed by atoms with Crippen molar-refractivity contribution < 1.29 is 9.90 Å². The molecule has 0 saturated heterocycles. The highest BCUT2D eigenvalue weighted by Gasteiger charge is 2.23. The number of hydrogen-bond donors (Lipinski definition) is 1. The van der Waals surface area contributed by atoms with Crippen LogP contribution in [-0.4, -0.2) is 15.6 Å². The number of halogens is 2. The van der Waals surface area contributed by atoms with Crippen molar-refractivity contribution in [2.45, 2.75) is 26.2 Å². The molecule has 0 bridgehead atoms. The standard InChI is InChI=1S/C15H16Cl2N2O2S/c1-4-12(14(20)21)13-8(2)19(3)15(22-13)18-11-6-9(16)5-10(17)7-11/h5-7,12H,4H2,1-3H3,(H,20,21). The Bertz CT molecular complexity index is 760. The van der Waals surface area contributed by atoms with Crippen molar-refractivity contribution >= 4 is 46.2 Å². The highest BCUT2D eigenvalue weighted by molar-refractivity contribution is 7.09. The monoisotopic (exact) mass is 358 g/mol. The van der Waals surface area contributed by atoms with Crippen LogP contribution in [0.4, 0.5) is 5.69 Å². The number of aliphatic carboxylic acids is 1. The molecule has 1 heterocycles. The van der Waals surface area contributed by atoms with E-state index in [-0.39, 0.29) is 0 Å². The van der Waals surface area contributed by atoms with Crippen molar-refractivity contribution in [3.63, 3.8) is 0 Å². The molecule has 0 fully saturated rings. The quantitative estimate of drug-likeness (QED) is 0.873. The summed E-state index contributed by atoms with van der Waals surface area (Å²) in [6.07, 6.45) is 0.541. The van der Waals surface area contributed by atoms with Crippen LogP contribution >= 0.6 is 34.5 Å². The van der Waals surface area contributed by atoms with Gasteiger partial charge >= 0.3 is 5.97 Å². The molecule has 4 nitrogen and oxygen atoms in total. The fourth-order valence-electron chi connectivity index (χ4n) is 2.16. The number of aromatic nitrogens is 1. The summed E-state index contributed by atoms with van der Waals surface area (Å²) in [5.41, 5.74) is 1.55. The van der Waals surface area contributed by atoms with E-state index >= 15 is 0 Å². The fourth-order valence-corrected chi connectivity index (χ4v) is 3.99. The summed E-state index contributed by atoms with van der Waals surface area (Å²) in [5.74, 6) is -1.33. The van der Waals surface area contributed by atoms with Gasteiger partial charge in [0.05, 0.1) is 11.6 Å². The van der Waals surface area contributed by atoms with Crippen LogP contribution in [0, 0.1) is 6.92 Å². The molecule has 0 radical (unpaired) electrons. The van der Waals surface area contributed by atoms with Gasteiger partial charge in [-0.2, -0.15) is 0 Å². The van der Waals surface area contributed by atoms with Gasteiger partial charge in [-0.25, -0.2) is 4.99 Å². The lowest BCUT2D eigenvalue weighted by atomic mass is 10.0. The maximum absolute atomic E-state index is 11.4. The summed E-state index contributed by atoms with van der Waals surface area (Å²) in [7, 11) is 1.87. The molecule has 0 amide bonds. The number of hydrogen-bond acceptors (Lipinski definition) is 3. The minimum absolute atomic E-state index is 0.511. The van der Waals surface area contributed by atoms with Gasteiger partial charge < -0.3 is 9.67 Å². The van der Waals surface area contributed by atoms with Gasteiger partial charge in [-0.05, 0) is 31.5 Å². The van der Waals surface area contributed by atoms with Gasteiger partial charge in [-0.15, -0.1) is 11.3 Å². The predicted octanol–water partition coefficient (Wildman–Crippen LogP) is 4.51. The number of nitrogens with zero attached hydrogens (tertiary/aromatic N) is 2. The van der Waals surface area contributed by atoms with Gasteiger partial charge in [-0.3, -0.25) is 4.79 Å². The fraction of sp³-hybridized carbons (Fsp3) is 0.333. The number of carboxylic acids is 1. The molecule has 1 atom stereocenters. The molecule has 0 saturated carbocycles. The minimum Gasteiger partial charge on any atom is -0.481 e. The molecule has 1 aromatic carbocycles. The van der Waals surface area contributed by atoms with E-state index < -0.39 is 11.9 Å². The van der Waals surface area contributed by atoms with E-state index in [0.717, 1.165) is 10.6 Å². The molecule has 1 aromatic heterocycles. The van der Waals surface area contributed by atoms with Gasteiger partial charge in [0.15, 0.2) is 4.80 Å². The van der Waals surface area contributed by atoms with Crippen molar-refractivity contribution in [3.8, 4) is 0 Å². The third-order valence-electron chi connectivity index (χ3n) is 3.44. The highest BCUT2D eigenvalue weighted by atomic mass is 35.5. The zero-order valence-electron chi connectivity index (χ0n) is 12.4. The van der Waals surface area contributed by atoms with Crippen LogP contribution in [0.2, 0.25) is 10.0 Å². The van der Waals surface area contributed by atoms with Crippen LogP contribution in [0.25, 0.3) is 0 Å². The minimum atomic E-state index is -0.815. The molecule has 22 heavy (non-hydrogen) atoms. The van der Waals surface area contributed by atoms with E-state index in [1.54, 1.807) is 18.2 Å². The lowest BCUT2D eigenvalue weighted by Crippen LogP contribution is -2.12. The Morgan fingerprint density at radius 1 is 1.36 bits per heavy atom. The summed E-state index contributed by atoms with van der Waals surface area (Å²) in [6, 6.07) is 5.08. The smallest absolute Gasteiger partial charge is 0.311 e. The Kier molecular flexibility index (Phi) is 5.32. The molecule has 0 spiro atoms. The number of thiazole rings is 1. The van der Waals surface area contributed by atoms with Crippen LogP contribution < -0.4 is 4.80 Å². The zero-order chi connectivity index (χ0) is 16.4. The molecule has 118 valence electrons. The van der Waals surface area contributed by atoms with Crippen LogP contribution in [0.3, 0.4) is 0 Å². The molecule has 7 heteroatoms. The lowest BCUT2D eigenvalue weighted by Gasteiger charge is -2.08. The average Bonchev–Trinajstić information content (AvgIpc) is 2.67. The maximum Gasteiger partial charge on any atom is 0.311 e. The molecule has 0 aliphatic rings. The van der Waals surface area contributed by atoms with Gasteiger partial charge in [0.25, 0.3) is 0 Å². The van der Waals surface area contributed by atoms with E-state index in [4.69, 9.17) is 23.2 Å². The van der Waals surface area contributed by atoms with Gasteiger partial charge in [0.1, 0.15) is 0 Å². The molecule has 2 aromatic rings. The predicted molar refractivity (Wildman–Crippen MR) is 90.4 cm³/mol. The van der Waals surface area contributed by atoms with Crippen molar-refractivity contribution in [1.29, 1.82) is 0 Å². The number of rotatable bonds is 4. The van der Waals surface area contributed by atoms with E-state index in [9.17, 15) is 9.90 Å². The van der Waals surface area contributed by atoms with Crippen LogP contribution in [0.5, 0.6) is 0 Å². The van der Waals surface area contributed by atoms with Crippen molar-refractivity contribution in [2.75, 3.05) is 0 Å². The van der Waals surface area contributed by atoms with Crippen LogP contribution in [-0.2, 0) is 11.8 Å². The largest absolute Gasteiger partial charge is 0.481 e. The zero-order valence-corrected chi connectivity index (χ0v) is 14.8. The Hall–Kier alpha value is -1.30. The van der Waals surface area contributed by atoms with Crippen molar-refractivity contribution in [3.05, 3.63) is 43.6 Å². The summed E-state index contributed by atoms with van der Waals surface area (Å²) in [6.45, 7) is 3.77. The van der Waals surface area contributed by atoms with E-state index in [1.165, 1.54) is 11.3 Å². The van der Waals surface area contributed by atoms with E-state index in [0.29, 0.717) is 27.0 Å². The molecule has 1 N–H and O–H groups in total.